The lowest BCUT2D eigenvalue weighted by molar-refractivity contribution is -0.155. The number of hydrogen-bond donors (Lipinski definition) is 4. The van der Waals surface area contributed by atoms with Crippen molar-refractivity contribution in [3.05, 3.63) is 76.4 Å². The standard InChI is InChI=1S/C30H39N5O5S.ClH/c1-4-21-9-8-20(17-26(31)27(36)30(29(37)40-5-2)13-6-7-14-33-30)16-25(21)28(32)34-41(38,39)24-11-10-22-12-15-35(3)19-23(22)18-24;/h6-11,16,18,26,33H,4-5,12-15,17,19,31H2,1-3H3,(H2,32,34);1H/t26-,30+;/m1./s1. The number of ether oxygens (including phenoxy) is 1. The third kappa shape index (κ3) is 7.09. The van der Waals surface area contributed by atoms with Crippen molar-refractivity contribution in [3.8, 4) is 0 Å². The van der Waals surface area contributed by atoms with Crippen LogP contribution >= 0.6 is 12.4 Å². The molecular weight excluding hydrogens is 578 g/mol. The van der Waals surface area contributed by atoms with Gasteiger partial charge in [0.15, 0.2) is 11.3 Å². The molecule has 0 aliphatic carbocycles. The molecule has 4 rings (SSSR count). The number of likely N-dealkylation sites (N-methyl/N-ethyl adjacent to an activating group) is 1. The molecule has 0 unspecified atom stereocenters. The number of benzene rings is 2. The van der Waals surface area contributed by atoms with Gasteiger partial charge in [0.05, 0.1) is 17.5 Å². The summed E-state index contributed by atoms with van der Waals surface area (Å²) in [6.07, 6.45) is 5.27. The van der Waals surface area contributed by atoms with Crippen molar-refractivity contribution in [2.24, 2.45) is 5.73 Å². The van der Waals surface area contributed by atoms with E-state index in [4.69, 9.17) is 15.9 Å². The van der Waals surface area contributed by atoms with Gasteiger partial charge in [0.2, 0.25) is 0 Å². The van der Waals surface area contributed by atoms with E-state index in [0.717, 1.165) is 29.7 Å². The Morgan fingerprint density at radius 1 is 1.17 bits per heavy atom. The average molecular weight is 618 g/mol. The second-order valence-corrected chi connectivity index (χ2v) is 12.3. The van der Waals surface area contributed by atoms with Gasteiger partial charge in [-0.15, -0.1) is 12.4 Å². The minimum Gasteiger partial charge on any atom is -0.464 e. The van der Waals surface area contributed by atoms with Gasteiger partial charge in [-0.25, -0.2) is 13.2 Å². The third-order valence-corrected chi connectivity index (χ3v) is 9.05. The first-order chi connectivity index (χ1) is 19.5. The monoisotopic (exact) mass is 617 g/mol. The molecule has 2 aliphatic heterocycles. The number of fused-ring (bicyclic) bond motifs is 1. The van der Waals surface area contributed by atoms with Crippen molar-refractivity contribution >= 4 is 40.0 Å². The molecule has 5 N–H and O–H groups in total. The number of sulfonamides is 1. The summed E-state index contributed by atoms with van der Waals surface area (Å²) in [6.45, 7) is 5.66. The van der Waals surface area contributed by atoms with Gasteiger partial charge in [-0.3, -0.25) is 20.2 Å². The Kier molecular flexibility index (Phi) is 11.1. The molecule has 0 fully saturated rings. The van der Waals surface area contributed by atoms with E-state index in [1.165, 1.54) is 0 Å². The molecule has 0 saturated heterocycles. The summed E-state index contributed by atoms with van der Waals surface area (Å²) in [5.74, 6) is -1.40. The fourth-order valence-corrected chi connectivity index (χ4v) is 6.43. The molecule has 228 valence electrons. The highest BCUT2D eigenvalue weighted by molar-refractivity contribution is 7.90. The predicted molar refractivity (Wildman–Crippen MR) is 165 cm³/mol. The molecule has 2 aromatic rings. The lowest BCUT2D eigenvalue weighted by Gasteiger charge is -2.34. The smallest absolute Gasteiger partial charge is 0.334 e. The summed E-state index contributed by atoms with van der Waals surface area (Å²) >= 11 is 0. The number of Topliss-reactive ketones (excluding diaryl/α,β-unsaturated/α-hetero) is 1. The van der Waals surface area contributed by atoms with Crippen molar-refractivity contribution in [2.75, 3.05) is 26.7 Å². The number of aryl methyl sites for hydroxylation is 1. The summed E-state index contributed by atoms with van der Waals surface area (Å²) in [5, 5.41) is 11.7. The number of nitrogens with two attached hydrogens (primary N) is 1. The third-order valence-electron chi connectivity index (χ3n) is 7.70. The molecule has 0 aromatic heterocycles. The highest BCUT2D eigenvalue weighted by Crippen LogP contribution is 2.24. The number of amidine groups is 1. The van der Waals surface area contributed by atoms with Crippen LogP contribution in [0.3, 0.4) is 0 Å². The Labute approximate surface area is 254 Å². The van der Waals surface area contributed by atoms with E-state index < -0.39 is 33.4 Å². The zero-order valence-corrected chi connectivity index (χ0v) is 25.9. The van der Waals surface area contributed by atoms with Gasteiger partial charge in [-0.05, 0) is 73.7 Å². The van der Waals surface area contributed by atoms with E-state index in [1.54, 1.807) is 31.2 Å². The Morgan fingerprint density at radius 3 is 2.60 bits per heavy atom. The molecule has 2 aliphatic rings. The number of halogens is 1. The fraction of sp³-hybridized carbons (Fsp3) is 0.433. The summed E-state index contributed by atoms with van der Waals surface area (Å²) in [5.41, 5.74) is 8.72. The van der Waals surface area contributed by atoms with Gasteiger partial charge in [0, 0.05) is 31.6 Å². The number of nitrogens with zero attached hydrogens (tertiary/aromatic N) is 1. The van der Waals surface area contributed by atoms with E-state index in [-0.39, 0.29) is 42.6 Å². The molecule has 0 radical (unpaired) electrons. The van der Waals surface area contributed by atoms with Crippen molar-refractivity contribution in [3.63, 3.8) is 0 Å². The van der Waals surface area contributed by atoms with Crippen LogP contribution in [-0.2, 0) is 50.2 Å². The maximum absolute atomic E-state index is 13.5. The SMILES string of the molecule is CCOC(=O)[C@@]1(C(=O)[C@H](N)Cc2ccc(CC)c(C(=N)NS(=O)(=O)c3ccc4c(c3)CN(C)CC4)c2)CC=CCN1.Cl. The minimum absolute atomic E-state index is 0. The van der Waals surface area contributed by atoms with Crippen molar-refractivity contribution in [2.45, 2.75) is 62.6 Å². The largest absolute Gasteiger partial charge is 0.464 e. The lowest BCUT2D eigenvalue weighted by atomic mass is 9.82. The van der Waals surface area contributed by atoms with Crippen LogP contribution in [0.5, 0.6) is 0 Å². The molecule has 42 heavy (non-hydrogen) atoms. The van der Waals surface area contributed by atoms with Gasteiger partial charge in [0.1, 0.15) is 5.84 Å². The van der Waals surface area contributed by atoms with Gasteiger partial charge < -0.3 is 15.4 Å². The Hall–Kier alpha value is -3.09. The van der Waals surface area contributed by atoms with E-state index in [9.17, 15) is 18.0 Å². The Balaban J connectivity index is 0.00000484. The quantitative estimate of drug-likeness (QED) is 0.104. The van der Waals surface area contributed by atoms with Gasteiger partial charge in [-0.1, -0.05) is 37.3 Å². The number of rotatable bonds is 10. The minimum atomic E-state index is -4.01. The van der Waals surface area contributed by atoms with Crippen LogP contribution in [0.1, 0.15) is 48.1 Å². The van der Waals surface area contributed by atoms with Crippen LogP contribution < -0.4 is 15.8 Å². The van der Waals surface area contributed by atoms with Crippen LogP contribution in [0.15, 0.2) is 53.4 Å². The number of carbonyl (C=O) groups is 2. The van der Waals surface area contributed by atoms with Crippen LogP contribution in [0.4, 0.5) is 0 Å². The fourth-order valence-electron chi connectivity index (χ4n) is 5.39. The van der Waals surface area contributed by atoms with Gasteiger partial charge in [0.25, 0.3) is 10.0 Å². The number of carbonyl (C=O) groups excluding carboxylic acids is 2. The molecule has 0 amide bonds. The van der Waals surface area contributed by atoms with Crippen molar-refractivity contribution in [1.29, 1.82) is 5.41 Å². The highest BCUT2D eigenvalue weighted by Gasteiger charge is 2.48. The van der Waals surface area contributed by atoms with E-state index in [2.05, 4.69) is 14.9 Å². The van der Waals surface area contributed by atoms with E-state index in [0.29, 0.717) is 30.6 Å². The maximum atomic E-state index is 13.5. The topological polar surface area (TPSA) is 155 Å². The molecule has 0 bridgehead atoms. The first-order valence-electron chi connectivity index (χ1n) is 13.9. The van der Waals surface area contributed by atoms with Crippen molar-refractivity contribution in [1.82, 2.24) is 14.9 Å². The first kappa shape index (κ1) is 33.4. The summed E-state index contributed by atoms with van der Waals surface area (Å²) in [4.78, 5) is 28.5. The van der Waals surface area contributed by atoms with Gasteiger partial charge in [-0.2, -0.15) is 0 Å². The average Bonchev–Trinajstić information content (AvgIpc) is 2.96. The highest BCUT2D eigenvalue weighted by atomic mass is 35.5. The number of ketones is 1. The maximum Gasteiger partial charge on any atom is 0.334 e. The number of nitrogens with one attached hydrogen (secondary N) is 3. The molecule has 12 heteroatoms. The molecule has 2 heterocycles. The summed E-state index contributed by atoms with van der Waals surface area (Å²) in [6, 6.07) is 9.37. The number of hydrogen-bond acceptors (Lipinski definition) is 9. The molecule has 0 spiro atoms. The van der Waals surface area contributed by atoms with Crippen molar-refractivity contribution < 1.29 is 22.7 Å². The zero-order chi connectivity index (χ0) is 29.8. The summed E-state index contributed by atoms with van der Waals surface area (Å²) < 4.78 is 34.2. The molecule has 10 nitrogen and oxygen atoms in total. The first-order valence-corrected chi connectivity index (χ1v) is 15.4. The van der Waals surface area contributed by atoms with E-state index in [1.807, 2.05) is 38.2 Å². The zero-order valence-electron chi connectivity index (χ0n) is 24.2. The molecule has 2 atom stereocenters. The Bertz CT molecular complexity index is 1480. The van der Waals surface area contributed by atoms with Gasteiger partial charge >= 0.3 is 5.97 Å². The van der Waals surface area contributed by atoms with Crippen LogP contribution in [0.2, 0.25) is 0 Å². The van der Waals surface area contributed by atoms with Crippen LogP contribution in [-0.4, -0.2) is 69.2 Å². The molecule has 2 aromatic carbocycles. The molecular formula is C30H40ClN5O5S. The lowest BCUT2D eigenvalue weighted by Crippen LogP contribution is -2.64. The molecule has 0 saturated carbocycles. The van der Waals surface area contributed by atoms with E-state index >= 15 is 0 Å². The number of esters is 1. The normalized spacial score (nSPS) is 19.2. The second-order valence-electron chi connectivity index (χ2n) is 10.6. The van der Waals surface area contributed by atoms with Crippen LogP contribution in [0, 0.1) is 5.41 Å². The predicted octanol–water partition coefficient (Wildman–Crippen LogP) is 2.25. The Morgan fingerprint density at radius 2 is 1.93 bits per heavy atom. The summed E-state index contributed by atoms with van der Waals surface area (Å²) in [7, 11) is -2.01. The van der Waals surface area contributed by atoms with Crippen LogP contribution in [0.25, 0.3) is 0 Å². The second kappa shape index (κ2) is 13.9.